The molecule has 0 saturated carbocycles. The van der Waals surface area contributed by atoms with E-state index in [1.807, 2.05) is 13.0 Å². The van der Waals surface area contributed by atoms with E-state index in [4.69, 9.17) is 0 Å². The first-order valence-electron chi connectivity index (χ1n) is 1.92. The van der Waals surface area contributed by atoms with Gasteiger partial charge in [-0.15, -0.1) is 0 Å². The molecule has 0 amide bonds. The van der Waals surface area contributed by atoms with Crippen molar-refractivity contribution in [1.82, 2.24) is 0 Å². The molecule has 0 saturated heterocycles. The average molecular weight is 87.1 g/mol. The number of hydrogen-bond donors (Lipinski definition) is 1. The van der Waals surface area contributed by atoms with E-state index >= 15 is 0 Å². The van der Waals surface area contributed by atoms with Gasteiger partial charge in [0.2, 0.25) is 0 Å². The van der Waals surface area contributed by atoms with Gasteiger partial charge in [0.1, 0.15) is 6.26 Å². The van der Waals surface area contributed by atoms with Crippen LogP contribution in [0.15, 0.2) is 12.3 Å². The van der Waals surface area contributed by atoms with Gasteiger partial charge in [-0.1, -0.05) is 6.92 Å². The molecule has 2 heteroatoms. The van der Waals surface area contributed by atoms with Crippen LogP contribution in [0.1, 0.15) is 13.3 Å². The third kappa shape index (κ3) is 3.50. The fraction of sp³-hybridized carbons (Fsp3) is 0.500. The van der Waals surface area contributed by atoms with Gasteiger partial charge < -0.3 is 4.84 Å². The normalized spacial score (nSPS) is 9.67. The maximum absolute atomic E-state index is 4.63. The van der Waals surface area contributed by atoms with Crippen molar-refractivity contribution in [2.45, 2.75) is 13.3 Å². The summed E-state index contributed by atoms with van der Waals surface area (Å²) in [5.74, 6) is 4.63. The molecule has 0 heterocycles. The van der Waals surface area contributed by atoms with E-state index < -0.39 is 0 Å². The van der Waals surface area contributed by atoms with Crippen molar-refractivity contribution in [1.29, 1.82) is 0 Å². The molecule has 0 spiro atoms. The molecule has 0 atom stereocenters. The Morgan fingerprint density at radius 3 is 2.67 bits per heavy atom. The second kappa shape index (κ2) is 4.50. The summed E-state index contributed by atoms with van der Waals surface area (Å²) >= 11 is 0. The summed E-state index contributed by atoms with van der Waals surface area (Å²) in [6.07, 6.45) is 4.26. The Hall–Kier alpha value is -0.500. The highest BCUT2D eigenvalue weighted by molar-refractivity contribution is 4.68. The first kappa shape index (κ1) is 5.50. The van der Waals surface area contributed by atoms with Crippen molar-refractivity contribution in [3.05, 3.63) is 12.3 Å². The van der Waals surface area contributed by atoms with Crippen LogP contribution >= 0.6 is 0 Å². The van der Waals surface area contributed by atoms with E-state index in [-0.39, 0.29) is 0 Å². The maximum Gasteiger partial charge on any atom is 0.106 e. The second-order valence-corrected chi connectivity index (χ2v) is 0.916. The molecule has 6 heavy (non-hydrogen) atoms. The quantitative estimate of drug-likeness (QED) is 0.399. The lowest BCUT2D eigenvalue weighted by atomic mass is 10.5. The molecule has 0 fully saturated rings. The lowest BCUT2D eigenvalue weighted by molar-refractivity contribution is 0.260. The van der Waals surface area contributed by atoms with Gasteiger partial charge in [-0.3, -0.25) is 0 Å². The predicted molar refractivity (Wildman–Crippen MR) is 24.7 cm³/mol. The first-order valence-corrected chi connectivity index (χ1v) is 1.92. The van der Waals surface area contributed by atoms with Gasteiger partial charge in [0.15, 0.2) is 0 Å². The summed E-state index contributed by atoms with van der Waals surface area (Å²) in [4.78, 5) is 4.10. The molecular weight excluding hydrogens is 78.0 g/mol. The summed E-state index contributed by atoms with van der Waals surface area (Å²) in [6, 6.07) is 0. The van der Waals surface area contributed by atoms with Crippen LogP contribution in [0, 0.1) is 0 Å². The van der Waals surface area contributed by atoms with Crippen molar-refractivity contribution in [2.24, 2.45) is 5.90 Å². The highest BCUT2D eigenvalue weighted by atomic mass is 16.6. The SMILES string of the molecule is CCC=CON. The zero-order valence-corrected chi connectivity index (χ0v) is 3.85. The minimum atomic E-state index is 0.969. The fourth-order valence-electron chi connectivity index (χ4n) is 0.152. The zero-order chi connectivity index (χ0) is 4.83. The number of hydrogen-bond acceptors (Lipinski definition) is 2. The molecular formula is C4H9NO. The van der Waals surface area contributed by atoms with Gasteiger partial charge in [-0.25, -0.2) is 0 Å². The lowest BCUT2D eigenvalue weighted by Crippen LogP contribution is -1.86. The Kier molecular flexibility index (Phi) is 4.12. The number of rotatable bonds is 2. The Morgan fingerprint density at radius 1 is 1.83 bits per heavy atom. The van der Waals surface area contributed by atoms with E-state index in [0.717, 1.165) is 6.42 Å². The van der Waals surface area contributed by atoms with Crippen molar-refractivity contribution >= 4 is 0 Å². The first-order chi connectivity index (χ1) is 2.91. The third-order valence-corrected chi connectivity index (χ3v) is 0.410. The number of allylic oxidation sites excluding steroid dienone is 1. The minimum Gasteiger partial charge on any atom is -0.420 e. The predicted octanol–water partition coefficient (Wildman–Crippen LogP) is 0.800. The van der Waals surface area contributed by atoms with Crippen molar-refractivity contribution in [2.75, 3.05) is 0 Å². The van der Waals surface area contributed by atoms with E-state index in [1.54, 1.807) is 0 Å². The molecule has 0 aromatic carbocycles. The molecule has 0 aliphatic carbocycles. The Balaban J connectivity index is 2.73. The molecule has 36 valence electrons. The van der Waals surface area contributed by atoms with Crippen molar-refractivity contribution in [3.63, 3.8) is 0 Å². The van der Waals surface area contributed by atoms with E-state index in [0.29, 0.717) is 0 Å². The largest absolute Gasteiger partial charge is 0.420 e. The van der Waals surface area contributed by atoms with E-state index in [1.165, 1.54) is 6.26 Å². The summed E-state index contributed by atoms with van der Waals surface area (Å²) in [5, 5.41) is 0. The minimum absolute atomic E-state index is 0.969. The Morgan fingerprint density at radius 2 is 2.50 bits per heavy atom. The Labute approximate surface area is 37.6 Å². The van der Waals surface area contributed by atoms with Gasteiger partial charge in [0, 0.05) is 0 Å². The second-order valence-electron chi connectivity index (χ2n) is 0.916. The molecule has 2 N–H and O–H groups in total. The summed E-state index contributed by atoms with van der Waals surface area (Å²) in [6.45, 7) is 2.01. The average Bonchev–Trinajstić information content (AvgIpc) is 1.61. The molecule has 0 aromatic heterocycles. The fourth-order valence-corrected chi connectivity index (χ4v) is 0.152. The van der Waals surface area contributed by atoms with Gasteiger partial charge >= 0.3 is 0 Å². The summed E-state index contributed by atoms with van der Waals surface area (Å²) in [5.41, 5.74) is 0. The zero-order valence-electron chi connectivity index (χ0n) is 3.85. The van der Waals surface area contributed by atoms with Crippen LogP contribution in [0.2, 0.25) is 0 Å². The van der Waals surface area contributed by atoms with Crippen LogP contribution in [-0.4, -0.2) is 0 Å². The van der Waals surface area contributed by atoms with Gasteiger partial charge in [-0.05, 0) is 12.5 Å². The smallest absolute Gasteiger partial charge is 0.106 e. The van der Waals surface area contributed by atoms with Crippen LogP contribution in [0.25, 0.3) is 0 Å². The van der Waals surface area contributed by atoms with Crippen LogP contribution in [-0.2, 0) is 4.84 Å². The lowest BCUT2D eigenvalue weighted by Gasteiger charge is -1.79. The molecule has 0 unspecified atom stereocenters. The van der Waals surface area contributed by atoms with Crippen molar-refractivity contribution < 1.29 is 4.84 Å². The topological polar surface area (TPSA) is 35.2 Å². The molecule has 0 aliphatic heterocycles. The number of nitrogens with two attached hydrogens (primary N) is 1. The Bertz CT molecular complexity index is 36.8. The molecule has 0 radical (unpaired) electrons. The van der Waals surface area contributed by atoms with Crippen LogP contribution in [0.3, 0.4) is 0 Å². The summed E-state index contributed by atoms with van der Waals surface area (Å²) < 4.78 is 0. The van der Waals surface area contributed by atoms with Crippen LogP contribution in [0.5, 0.6) is 0 Å². The van der Waals surface area contributed by atoms with E-state index in [9.17, 15) is 0 Å². The monoisotopic (exact) mass is 87.1 g/mol. The molecule has 2 nitrogen and oxygen atoms in total. The standard InChI is InChI=1S/C4H9NO/c1-2-3-4-6-5/h3-4H,2,5H2,1H3. The van der Waals surface area contributed by atoms with Gasteiger partial charge in [0.05, 0.1) is 0 Å². The third-order valence-electron chi connectivity index (χ3n) is 0.410. The van der Waals surface area contributed by atoms with Crippen LogP contribution < -0.4 is 5.90 Å². The van der Waals surface area contributed by atoms with Crippen LogP contribution in [0.4, 0.5) is 0 Å². The molecule has 0 aliphatic rings. The van der Waals surface area contributed by atoms with E-state index in [2.05, 4.69) is 10.7 Å². The molecule has 0 rings (SSSR count). The maximum atomic E-state index is 4.63. The van der Waals surface area contributed by atoms with Gasteiger partial charge in [0.25, 0.3) is 0 Å². The van der Waals surface area contributed by atoms with Gasteiger partial charge in [-0.2, -0.15) is 5.90 Å². The summed E-state index contributed by atoms with van der Waals surface area (Å²) in [7, 11) is 0. The highest BCUT2D eigenvalue weighted by Crippen LogP contribution is 1.74. The molecule has 0 aromatic rings. The molecule has 0 bridgehead atoms. The van der Waals surface area contributed by atoms with Crippen molar-refractivity contribution in [3.8, 4) is 0 Å². The highest BCUT2D eigenvalue weighted by Gasteiger charge is 1.59.